The predicted molar refractivity (Wildman–Crippen MR) is 147 cm³/mol. The number of carbonyl (C=O) groups is 2. The van der Waals surface area contributed by atoms with Crippen LogP contribution in [0.25, 0.3) is 0 Å². The van der Waals surface area contributed by atoms with Crippen molar-refractivity contribution in [1.29, 1.82) is 0 Å². The van der Waals surface area contributed by atoms with Crippen molar-refractivity contribution in [3.8, 4) is 0 Å². The molecule has 0 spiro atoms. The smallest absolute Gasteiger partial charge is 0.253 e. The molecule has 0 fully saturated rings. The third-order valence-corrected chi connectivity index (χ3v) is 6.23. The number of benzene rings is 3. The van der Waals surface area contributed by atoms with E-state index in [0.717, 1.165) is 24.5 Å². The van der Waals surface area contributed by atoms with E-state index >= 15 is 0 Å². The Morgan fingerprint density at radius 3 is 2.13 bits per heavy atom. The van der Waals surface area contributed by atoms with Crippen molar-refractivity contribution in [2.75, 3.05) is 19.6 Å². The third kappa shape index (κ3) is 9.06. The molecule has 2 amide bonds. The van der Waals surface area contributed by atoms with E-state index in [2.05, 4.69) is 10.6 Å². The quantitative estimate of drug-likeness (QED) is 0.266. The number of hydrogen-bond acceptors (Lipinski definition) is 3. The summed E-state index contributed by atoms with van der Waals surface area (Å²) >= 11 is 0. The van der Waals surface area contributed by atoms with Gasteiger partial charge in [-0.3, -0.25) is 9.59 Å². The summed E-state index contributed by atoms with van der Waals surface area (Å²) < 4.78 is 27.6. The highest BCUT2D eigenvalue weighted by atomic mass is 19.1. The molecule has 1 atom stereocenters. The molecule has 0 aliphatic rings. The zero-order valence-corrected chi connectivity index (χ0v) is 22.2. The van der Waals surface area contributed by atoms with Crippen molar-refractivity contribution in [3.05, 3.63) is 107 Å². The Morgan fingerprint density at radius 2 is 1.47 bits per heavy atom. The second kappa shape index (κ2) is 15.0. The Bertz CT molecular complexity index is 1160. The highest BCUT2D eigenvalue weighted by Gasteiger charge is 2.19. The van der Waals surface area contributed by atoms with Crippen LogP contribution in [-0.2, 0) is 13.0 Å². The normalized spacial score (nSPS) is 11.7. The Labute approximate surface area is 224 Å². The number of amides is 2. The van der Waals surface area contributed by atoms with Crippen LogP contribution in [0.2, 0.25) is 0 Å². The molecule has 38 heavy (non-hydrogen) atoms. The van der Waals surface area contributed by atoms with Crippen molar-refractivity contribution < 1.29 is 18.4 Å². The fourth-order valence-corrected chi connectivity index (χ4v) is 4.44. The van der Waals surface area contributed by atoms with Gasteiger partial charge in [0.15, 0.2) is 0 Å². The zero-order chi connectivity index (χ0) is 27.3. The van der Waals surface area contributed by atoms with Gasteiger partial charge in [-0.05, 0) is 73.7 Å². The molecular weight excluding hydrogens is 484 g/mol. The average molecular weight is 522 g/mol. The van der Waals surface area contributed by atoms with Crippen LogP contribution in [0, 0.1) is 11.6 Å². The minimum Gasteiger partial charge on any atom is -0.349 e. The average Bonchev–Trinajstić information content (AvgIpc) is 2.90. The summed E-state index contributed by atoms with van der Waals surface area (Å²) in [7, 11) is 0. The lowest BCUT2D eigenvalue weighted by molar-refractivity contribution is 0.0755. The van der Waals surface area contributed by atoms with Crippen LogP contribution in [0.3, 0.4) is 0 Å². The molecule has 0 aromatic heterocycles. The minimum atomic E-state index is -0.651. The molecule has 0 aliphatic carbocycles. The zero-order valence-electron chi connectivity index (χ0n) is 22.2. The van der Waals surface area contributed by atoms with E-state index < -0.39 is 11.6 Å². The molecule has 0 saturated heterocycles. The first-order valence-corrected chi connectivity index (χ1v) is 13.3. The van der Waals surface area contributed by atoms with Crippen molar-refractivity contribution in [2.24, 2.45) is 0 Å². The number of halogens is 2. The molecule has 0 aliphatic heterocycles. The van der Waals surface area contributed by atoms with E-state index in [1.165, 1.54) is 12.1 Å². The van der Waals surface area contributed by atoms with E-state index in [0.29, 0.717) is 49.3 Å². The van der Waals surface area contributed by atoms with Gasteiger partial charge < -0.3 is 15.5 Å². The lowest BCUT2D eigenvalue weighted by Crippen LogP contribution is -2.39. The van der Waals surface area contributed by atoms with Crippen LogP contribution in [0.5, 0.6) is 0 Å². The molecule has 0 saturated carbocycles. The Kier molecular flexibility index (Phi) is 11.4. The molecule has 3 rings (SSSR count). The first kappa shape index (κ1) is 29.0. The van der Waals surface area contributed by atoms with E-state index in [1.54, 1.807) is 29.2 Å². The molecule has 5 nitrogen and oxygen atoms in total. The van der Waals surface area contributed by atoms with Gasteiger partial charge in [-0.25, -0.2) is 8.78 Å². The molecule has 0 unspecified atom stereocenters. The molecule has 0 heterocycles. The van der Waals surface area contributed by atoms with Gasteiger partial charge in [-0.15, -0.1) is 0 Å². The van der Waals surface area contributed by atoms with E-state index in [9.17, 15) is 18.4 Å². The van der Waals surface area contributed by atoms with E-state index in [4.69, 9.17) is 0 Å². The Morgan fingerprint density at radius 1 is 0.816 bits per heavy atom. The molecule has 202 valence electrons. The molecular formula is C31H37F2N3O2. The summed E-state index contributed by atoms with van der Waals surface area (Å²) in [4.78, 5) is 28.1. The van der Waals surface area contributed by atoms with Gasteiger partial charge in [-0.2, -0.15) is 0 Å². The van der Waals surface area contributed by atoms with Crippen LogP contribution in [-0.4, -0.2) is 42.4 Å². The summed E-state index contributed by atoms with van der Waals surface area (Å²) in [6, 6.07) is 19.7. The summed E-state index contributed by atoms with van der Waals surface area (Å²) in [5, 5.41) is 6.38. The second-order valence-electron chi connectivity index (χ2n) is 9.48. The van der Waals surface area contributed by atoms with Gasteiger partial charge in [-0.1, -0.05) is 50.2 Å². The van der Waals surface area contributed by atoms with E-state index in [1.807, 2.05) is 44.2 Å². The van der Waals surface area contributed by atoms with Gasteiger partial charge in [0.05, 0.1) is 0 Å². The SMILES string of the molecule is CCCN(CCC)C(=O)c1cccc(C(=O)N[C@H](CCNCc2ccccc2)Cc2cc(F)cc(F)c2)c1. The lowest BCUT2D eigenvalue weighted by atomic mass is 10.0. The Balaban J connectivity index is 1.71. The summed E-state index contributed by atoms with van der Waals surface area (Å²) in [5.41, 5.74) is 2.45. The number of carbonyl (C=O) groups excluding carboxylic acids is 2. The maximum atomic E-state index is 13.8. The minimum absolute atomic E-state index is 0.0970. The van der Waals surface area contributed by atoms with Crippen LogP contribution in [0.15, 0.2) is 72.8 Å². The highest BCUT2D eigenvalue weighted by Crippen LogP contribution is 2.14. The maximum absolute atomic E-state index is 13.8. The highest BCUT2D eigenvalue weighted by molar-refractivity contribution is 5.99. The predicted octanol–water partition coefficient (Wildman–Crippen LogP) is 5.75. The monoisotopic (exact) mass is 521 g/mol. The van der Waals surface area contributed by atoms with Crippen LogP contribution in [0.4, 0.5) is 8.78 Å². The van der Waals surface area contributed by atoms with Crippen molar-refractivity contribution in [1.82, 2.24) is 15.5 Å². The number of rotatable bonds is 14. The third-order valence-electron chi connectivity index (χ3n) is 6.23. The lowest BCUT2D eigenvalue weighted by Gasteiger charge is -2.22. The summed E-state index contributed by atoms with van der Waals surface area (Å²) in [6.45, 7) is 6.64. The van der Waals surface area contributed by atoms with Gasteiger partial charge in [0.1, 0.15) is 11.6 Å². The van der Waals surface area contributed by atoms with Crippen molar-refractivity contribution in [2.45, 2.75) is 52.1 Å². The topological polar surface area (TPSA) is 61.4 Å². The van der Waals surface area contributed by atoms with Gasteiger partial charge >= 0.3 is 0 Å². The number of nitrogens with one attached hydrogen (secondary N) is 2. The maximum Gasteiger partial charge on any atom is 0.253 e. The second-order valence-corrected chi connectivity index (χ2v) is 9.48. The van der Waals surface area contributed by atoms with Gasteiger partial charge in [0.25, 0.3) is 11.8 Å². The van der Waals surface area contributed by atoms with Crippen molar-refractivity contribution >= 4 is 11.8 Å². The largest absolute Gasteiger partial charge is 0.349 e. The number of hydrogen-bond donors (Lipinski definition) is 2. The van der Waals surface area contributed by atoms with Crippen LogP contribution >= 0.6 is 0 Å². The fraction of sp³-hybridized carbons (Fsp3) is 0.355. The molecule has 0 radical (unpaired) electrons. The standard InChI is InChI=1S/C31H37F2N3O2/c1-3-15-36(16-4-2)31(38)26-12-8-11-25(20-26)30(37)35-29(19-24-17-27(32)21-28(33)18-24)13-14-34-22-23-9-6-5-7-10-23/h5-12,17-18,20-21,29,34H,3-4,13-16,19,22H2,1-2H3,(H,35,37)/t29-/m1/s1. The van der Waals surface area contributed by atoms with Crippen LogP contribution in [0.1, 0.15) is 65.0 Å². The summed E-state index contributed by atoms with van der Waals surface area (Å²) in [6.07, 6.45) is 2.53. The number of nitrogens with zero attached hydrogens (tertiary/aromatic N) is 1. The fourth-order valence-electron chi connectivity index (χ4n) is 4.44. The van der Waals surface area contributed by atoms with Gasteiger partial charge in [0.2, 0.25) is 0 Å². The molecule has 3 aromatic rings. The van der Waals surface area contributed by atoms with Crippen molar-refractivity contribution in [3.63, 3.8) is 0 Å². The van der Waals surface area contributed by atoms with Gasteiger partial charge in [0, 0.05) is 42.9 Å². The molecule has 0 bridgehead atoms. The first-order chi connectivity index (χ1) is 18.4. The molecule has 3 aromatic carbocycles. The van der Waals surface area contributed by atoms with Crippen LogP contribution < -0.4 is 10.6 Å². The Hall–Kier alpha value is -3.58. The first-order valence-electron chi connectivity index (χ1n) is 13.3. The summed E-state index contributed by atoms with van der Waals surface area (Å²) in [5.74, 6) is -1.73. The molecule has 7 heteroatoms. The molecule has 2 N–H and O–H groups in total. The van der Waals surface area contributed by atoms with E-state index in [-0.39, 0.29) is 24.3 Å².